The van der Waals surface area contributed by atoms with Crippen LogP contribution in [-0.4, -0.2) is 32.6 Å². The first-order valence-electron chi connectivity index (χ1n) is 9.45. The number of methoxy groups -OCH3 is 1. The van der Waals surface area contributed by atoms with Gasteiger partial charge in [-0.2, -0.15) is 10.2 Å². The minimum Gasteiger partial charge on any atom is -0.495 e. The summed E-state index contributed by atoms with van der Waals surface area (Å²) < 4.78 is 8.11. The average Bonchev–Trinajstić information content (AvgIpc) is 3.11. The number of para-hydroxylation sites is 3. The normalized spacial score (nSPS) is 10.9. The highest BCUT2D eigenvalue weighted by atomic mass is 16.5. The highest BCUT2D eigenvalue weighted by Gasteiger charge is 2.18. The van der Waals surface area contributed by atoms with Crippen LogP contribution in [0.25, 0.3) is 16.6 Å². The number of carbonyl (C=O) groups is 1. The molecule has 2 aromatic heterocycles. The van der Waals surface area contributed by atoms with E-state index in [0.717, 1.165) is 16.1 Å². The molecule has 2 heterocycles. The molecule has 0 aliphatic heterocycles. The smallest absolute Gasteiger partial charge is 0.295 e. The molecular formula is C22H21N5O3. The Labute approximate surface area is 172 Å². The molecule has 0 bridgehead atoms. The van der Waals surface area contributed by atoms with Crippen molar-refractivity contribution in [1.82, 2.24) is 19.6 Å². The first kappa shape index (κ1) is 19.4. The van der Waals surface area contributed by atoms with Gasteiger partial charge in [-0.05, 0) is 38.1 Å². The molecule has 0 atom stereocenters. The molecule has 2 aromatic carbocycles. The third kappa shape index (κ3) is 3.43. The lowest BCUT2D eigenvalue weighted by Crippen LogP contribution is -2.30. The number of aryl methyl sites for hydroxylation is 2. The number of hydrogen-bond donors (Lipinski definition) is 1. The summed E-state index contributed by atoms with van der Waals surface area (Å²) in [6.07, 6.45) is 0. The van der Waals surface area contributed by atoms with Gasteiger partial charge in [0.15, 0.2) is 5.52 Å². The lowest BCUT2D eigenvalue weighted by Gasteiger charge is -2.10. The molecule has 8 heteroatoms. The number of fused-ring (bicyclic) bond motifs is 1. The number of nitrogens with zero attached hydrogens (tertiary/aromatic N) is 4. The summed E-state index contributed by atoms with van der Waals surface area (Å²) in [6, 6.07) is 16.6. The van der Waals surface area contributed by atoms with E-state index in [1.165, 1.54) is 7.11 Å². The van der Waals surface area contributed by atoms with Crippen molar-refractivity contribution in [2.24, 2.45) is 0 Å². The average molecular weight is 403 g/mol. The summed E-state index contributed by atoms with van der Waals surface area (Å²) >= 11 is 0. The van der Waals surface area contributed by atoms with E-state index >= 15 is 0 Å². The monoisotopic (exact) mass is 403 g/mol. The molecule has 0 spiro atoms. The van der Waals surface area contributed by atoms with Gasteiger partial charge < -0.3 is 10.1 Å². The minimum absolute atomic E-state index is 0.231. The van der Waals surface area contributed by atoms with Gasteiger partial charge in [-0.1, -0.05) is 30.3 Å². The maximum atomic E-state index is 13.0. The molecule has 152 valence electrons. The number of nitrogens with one attached hydrogen (secondary N) is 1. The highest BCUT2D eigenvalue weighted by Crippen LogP contribution is 2.23. The molecule has 1 N–H and O–H groups in total. The van der Waals surface area contributed by atoms with Gasteiger partial charge in [-0.3, -0.25) is 9.59 Å². The van der Waals surface area contributed by atoms with Gasteiger partial charge in [-0.25, -0.2) is 9.36 Å². The zero-order chi connectivity index (χ0) is 21.3. The second-order valence-electron chi connectivity index (χ2n) is 6.85. The van der Waals surface area contributed by atoms with E-state index in [2.05, 4.69) is 15.5 Å². The Morgan fingerprint density at radius 3 is 2.47 bits per heavy atom. The highest BCUT2D eigenvalue weighted by molar-refractivity contribution is 5.92. The van der Waals surface area contributed by atoms with Gasteiger partial charge in [0.05, 0.1) is 35.3 Å². The van der Waals surface area contributed by atoms with Crippen molar-refractivity contribution >= 4 is 22.5 Å². The van der Waals surface area contributed by atoms with E-state index < -0.39 is 5.56 Å². The fourth-order valence-electron chi connectivity index (χ4n) is 3.49. The molecule has 0 unspecified atom stereocenters. The van der Waals surface area contributed by atoms with E-state index in [4.69, 9.17) is 4.74 Å². The lowest BCUT2D eigenvalue weighted by molar-refractivity contribution is -0.117. The lowest BCUT2D eigenvalue weighted by atomic mass is 10.2. The van der Waals surface area contributed by atoms with E-state index in [1.807, 2.05) is 43.3 Å². The number of aromatic nitrogens is 4. The Hall–Kier alpha value is -3.94. The summed E-state index contributed by atoms with van der Waals surface area (Å²) in [5.41, 5.74) is 2.71. The van der Waals surface area contributed by atoms with Gasteiger partial charge >= 0.3 is 0 Å². The van der Waals surface area contributed by atoms with Gasteiger partial charge in [0.2, 0.25) is 5.91 Å². The predicted octanol–water partition coefficient (Wildman–Crippen LogP) is 2.85. The molecule has 0 aliphatic carbocycles. The largest absolute Gasteiger partial charge is 0.495 e. The van der Waals surface area contributed by atoms with Crippen molar-refractivity contribution < 1.29 is 9.53 Å². The van der Waals surface area contributed by atoms with Crippen LogP contribution in [0.15, 0.2) is 59.4 Å². The van der Waals surface area contributed by atoms with Gasteiger partial charge in [0, 0.05) is 0 Å². The summed E-state index contributed by atoms with van der Waals surface area (Å²) in [4.78, 5) is 25.6. The van der Waals surface area contributed by atoms with Crippen molar-refractivity contribution in [2.75, 3.05) is 12.4 Å². The van der Waals surface area contributed by atoms with Gasteiger partial charge in [-0.15, -0.1) is 0 Å². The van der Waals surface area contributed by atoms with Crippen LogP contribution in [0.1, 0.15) is 11.4 Å². The Kier molecular flexibility index (Phi) is 5.05. The standard InChI is InChI=1S/C22H21N5O3/c1-14-20-15(2)27(16-9-5-4-6-10-16)25-21(20)22(29)26(24-14)13-19(28)23-17-11-7-8-12-18(17)30-3/h4-12H,13H2,1-3H3,(H,23,28). The third-order valence-corrected chi connectivity index (χ3v) is 4.86. The first-order valence-corrected chi connectivity index (χ1v) is 9.45. The summed E-state index contributed by atoms with van der Waals surface area (Å²) in [6.45, 7) is 3.47. The number of rotatable bonds is 5. The van der Waals surface area contributed by atoms with Crippen LogP contribution < -0.4 is 15.6 Å². The quantitative estimate of drug-likeness (QED) is 0.553. The number of hydrogen-bond acceptors (Lipinski definition) is 5. The fraction of sp³-hybridized carbons (Fsp3) is 0.182. The molecule has 0 radical (unpaired) electrons. The molecule has 8 nitrogen and oxygen atoms in total. The predicted molar refractivity (Wildman–Crippen MR) is 114 cm³/mol. The van der Waals surface area contributed by atoms with Crippen LogP contribution in [0.2, 0.25) is 0 Å². The minimum atomic E-state index is -0.413. The molecule has 4 rings (SSSR count). The number of ether oxygens (including phenoxy) is 1. The summed E-state index contributed by atoms with van der Waals surface area (Å²) in [5, 5.41) is 12.3. The maximum absolute atomic E-state index is 13.0. The number of anilines is 1. The Bertz CT molecular complexity index is 1290. The van der Waals surface area contributed by atoms with Crippen LogP contribution >= 0.6 is 0 Å². The topological polar surface area (TPSA) is 91.0 Å². The number of benzene rings is 2. The Morgan fingerprint density at radius 1 is 1.03 bits per heavy atom. The molecular weight excluding hydrogens is 382 g/mol. The molecule has 30 heavy (non-hydrogen) atoms. The van der Waals surface area contributed by atoms with Crippen LogP contribution in [0, 0.1) is 13.8 Å². The van der Waals surface area contributed by atoms with Gasteiger partial charge in [0.25, 0.3) is 5.56 Å². The van der Waals surface area contributed by atoms with Crippen LogP contribution in [0.5, 0.6) is 5.75 Å². The zero-order valence-electron chi connectivity index (χ0n) is 16.9. The second-order valence-corrected chi connectivity index (χ2v) is 6.85. The Morgan fingerprint density at radius 2 is 1.73 bits per heavy atom. The fourth-order valence-corrected chi connectivity index (χ4v) is 3.49. The molecule has 1 amide bonds. The number of amides is 1. The van der Waals surface area contributed by atoms with Crippen molar-refractivity contribution in [1.29, 1.82) is 0 Å². The van der Waals surface area contributed by atoms with E-state index in [1.54, 1.807) is 29.8 Å². The zero-order valence-corrected chi connectivity index (χ0v) is 16.9. The van der Waals surface area contributed by atoms with Crippen LogP contribution in [-0.2, 0) is 11.3 Å². The summed E-state index contributed by atoms with van der Waals surface area (Å²) in [5.74, 6) is 0.155. The number of carbonyl (C=O) groups excluding carboxylic acids is 1. The SMILES string of the molecule is COc1ccccc1NC(=O)Cn1nc(C)c2c(C)n(-c3ccccc3)nc2c1=O. The van der Waals surface area contributed by atoms with Crippen molar-refractivity contribution in [3.63, 3.8) is 0 Å². The first-order chi connectivity index (χ1) is 14.5. The van der Waals surface area contributed by atoms with Crippen molar-refractivity contribution in [3.05, 3.63) is 76.3 Å². The van der Waals surface area contributed by atoms with E-state index in [9.17, 15) is 9.59 Å². The van der Waals surface area contributed by atoms with Crippen molar-refractivity contribution in [2.45, 2.75) is 20.4 Å². The molecule has 0 saturated carbocycles. The van der Waals surface area contributed by atoms with Crippen LogP contribution in [0.3, 0.4) is 0 Å². The molecule has 0 aliphatic rings. The van der Waals surface area contributed by atoms with Gasteiger partial charge in [0.1, 0.15) is 12.3 Å². The van der Waals surface area contributed by atoms with E-state index in [0.29, 0.717) is 22.5 Å². The molecule has 0 saturated heterocycles. The third-order valence-electron chi connectivity index (χ3n) is 4.86. The van der Waals surface area contributed by atoms with Crippen molar-refractivity contribution in [3.8, 4) is 11.4 Å². The molecule has 4 aromatic rings. The van der Waals surface area contributed by atoms with Crippen LogP contribution in [0.4, 0.5) is 5.69 Å². The molecule has 0 fully saturated rings. The maximum Gasteiger partial charge on any atom is 0.295 e. The summed E-state index contributed by atoms with van der Waals surface area (Å²) in [7, 11) is 1.53. The Balaban J connectivity index is 1.70. The van der Waals surface area contributed by atoms with E-state index in [-0.39, 0.29) is 18.0 Å². The second kappa shape index (κ2) is 7.82.